The number of hydrogen-bond acceptors (Lipinski definition) is 2. The Labute approximate surface area is 81.8 Å². The Balaban J connectivity index is 2.14. The molecule has 1 aliphatic rings. The van der Waals surface area contributed by atoms with Crippen LogP contribution in [0.3, 0.4) is 0 Å². The lowest BCUT2D eigenvalue weighted by atomic mass is 9.89. The van der Waals surface area contributed by atoms with Crippen LogP contribution >= 0.6 is 0 Å². The Kier molecular flexibility index (Phi) is 3.74. The highest BCUT2D eigenvalue weighted by Gasteiger charge is 2.25. The SMILES string of the molecule is CC(C)(C)C(CN)OCCC1CC1. The maximum atomic E-state index is 5.78. The van der Waals surface area contributed by atoms with E-state index in [9.17, 15) is 0 Å². The van der Waals surface area contributed by atoms with Gasteiger partial charge in [-0.2, -0.15) is 0 Å². The molecule has 0 heterocycles. The van der Waals surface area contributed by atoms with Crippen LogP contribution in [-0.4, -0.2) is 19.3 Å². The Bertz CT molecular complexity index is 147. The van der Waals surface area contributed by atoms with Crippen molar-refractivity contribution in [2.75, 3.05) is 13.2 Å². The molecule has 1 saturated carbocycles. The second-order valence-electron chi connectivity index (χ2n) is 5.19. The molecule has 2 nitrogen and oxygen atoms in total. The smallest absolute Gasteiger partial charge is 0.0745 e. The van der Waals surface area contributed by atoms with Gasteiger partial charge in [-0.3, -0.25) is 0 Å². The molecule has 78 valence electrons. The van der Waals surface area contributed by atoms with Gasteiger partial charge in [-0.25, -0.2) is 0 Å². The number of hydrogen-bond donors (Lipinski definition) is 1. The summed E-state index contributed by atoms with van der Waals surface area (Å²) in [6, 6.07) is 0. The highest BCUT2D eigenvalue weighted by atomic mass is 16.5. The minimum Gasteiger partial charge on any atom is -0.376 e. The van der Waals surface area contributed by atoms with E-state index in [1.807, 2.05) is 0 Å². The maximum Gasteiger partial charge on any atom is 0.0745 e. The fourth-order valence-corrected chi connectivity index (χ4v) is 1.46. The summed E-state index contributed by atoms with van der Waals surface area (Å²) in [5, 5.41) is 0. The molecular weight excluding hydrogens is 162 g/mol. The molecule has 1 rings (SSSR count). The first kappa shape index (κ1) is 11.0. The zero-order valence-corrected chi connectivity index (χ0v) is 9.18. The second-order valence-corrected chi connectivity index (χ2v) is 5.19. The number of ether oxygens (including phenoxy) is 1. The topological polar surface area (TPSA) is 35.2 Å². The zero-order valence-electron chi connectivity index (χ0n) is 9.18. The normalized spacial score (nSPS) is 20.3. The van der Waals surface area contributed by atoms with Gasteiger partial charge in [0, 0.05) is 13.2 Å². The van der Waals surface area contributed by atoms with Crippen LogP contribution in [0.25, 0.3) is 0 Å². The van der Waals surface area contributed by atoms with E-state index >= 15 is 0 Å². The summed E-state index contributed by atoms with van der Waals surface area (Å²) >= 11 is 0. The van der Waals surface area contributed by atoms with Gasteiger partial charge in [0.1, 0.15) is 0 Å². The molecule has 1 unspecified atom stereocenters. The Morgan fingerprint density at radius 3 is 2.38 bits per heavy atom. The molecule has 0 aliphatic heterocycles. The molecule has 0 bridgehead atoms. The highest BCUT2D eigenvalue weighted by molar-refractivity contribution is 4.77. The van der Waals surface area contributed by atoms with Crippen LogP contribution in [0.5, 0.6) is 0 Å². The van der Waals surface area contributed by atoms with E-state index < -0.39 is 0 Å². The van der Waals surface area contributed by atoms with Crippen molar-refractivity contribution >= 4 is 0 Å². The van der Waals surface area contributed by atoms with E-state index in [0.29, 0.717) is 6.54 Å². The summed E-state index contributed by atoms with van der Waals surface area (Å²) in [5.74, 6) is 0.957. The van der Waals surface area contributed by atoms with Crippen molar-refractivity contribution < 1.29 is 4.74 Å². The van der Waals surface area contributed by atoms with Gasteiger partial charge in [-0.1, -0.05) is 33.6 Å². The van der Waals surface area contributed by atoms with Crippen molar-refractivity contribution in [3.8, 4) is 0 Å². The molecule has 0 radical (unpaired) electrons. The van der Waals surface area contributed by atoms with Crippen molar-refractivity contribution in [2.45, 2.75) is 46.1 Å². The number of rotatable bonds is 5. The monoisotopic (exact) mass is 185 g/mol. The first-order chi connectivity index (χ1) is 6.04. The Hall–Kier alpha value is -0.0800. The lowest BCUT2D eigenvalue weighted by Crippen LogP contribution is -2.36. The van der Waals surface area contributed by atoms with E-state index in [1.165, 1.54) is 19.3 Å². The van der Waals surface area contributed by atoms with Crippen molar-refractivity contribution in [3.63, 3.8) is 0 Å². The van der Waals surface area contributed by atoms with E-state index in [1.54, 1.807) is 0 Å². The van der Waals surface area contributed by atoms with E-state index in [4.69, 9.17) is 10.5 Å². The predicted molar refractivity (Wildman–Crippen MR) is 55.6 cm³/mol. The Morgan fingerprint density at radius 1 is 1.38 bits per heavy atom. The summed E-state index contributed by atoms with van der Waals surface area (Å²) in [6.07, 6.45) is 4.26. The van der Waals surface area contributed by atoms with E-state index in [0.717, 1.165) is 12.5 Å². The minimum absolute atomic E-state index is 0.179. The zero-order chi connectivity index (χ0) is 9.90. The van der Waals surface area contributed by atoms with Crippen LogP contribution in [0.2, 0.25) is 0 Å². The fraction of sp³-hybridized carbons (Fsp3) is 1.00. The maximum absolute atomic E-state index is 5.78. The molecule has 0 aromatic rings. The van der Waals surface area contributed by atoms with Crippen LogP contribution in [0.1, 0.15) is 40.0 Å². The molecule has 1 fully saturated rings. The molecule has 1 atom stereocenters. The van der Waals surface area contributed by atoms with Gasteiger partial charge in [0.2, 0.25) is 0 Å². The van der Waals surface area contributed by atoms with Gasteiger partial charge in [0.15, 0.2) is 0 Å². The number of nitrogens with two attached hydrogens (primary N) is 1. The molecule has 13 heavy (non-hydrogen) atoms. The minimum atomic E-state index is 0.179. The Morgan fingerprint density at radius 2 is 2.00 bits per heavy atom. The molecule has 0 saturated heterocycles. The molecule has 2 N–H and O–H groups in total. The third-order valence-electron chi connectivity index (χ3n) is 2.72. The average molecular weight is 185 g/mol. The molecular formula is C11H23NO. The summed E-state index contributed by atoms with van der Waals surface area (Å²) in [5.41, 5.74) is 5.85. The van der Waals surface area contributed by atoms with Crippen molar-refractivity contribution in [1.29, 1.82) is 0 Å². The molecule has 1 aliphatic carbocycles. The van der Waals surface area contributed by atoms with Crippen molar-refractivity contribution in [2.24, 2.45) is 17.1 Å². The van der Waals surface area contributed by atoms with Gasteiger partial charge in [0.25, 0.3) is 0 Å². The second kappa shape index (κ2) is 4.43. The first-order valence-electron chi connectivity index (χ1n) is 5.35. The largest absolute Gasteiger partial charge is 0.376 e. The average Bonchev–Trinajstić information content (AvgIpc) is 2.78. The lowest BCUT2D eigenvalue weighted by molar-refractivity contribution is -0.0137. The predicted octanol–water partition coefficient (Wildman–Crippen LogP) is 2.18. The van der Waals surface area contributed by atoms with Crippen LogP contribution in [-0.2, 0) is 4.74 Å². The summed E-state index contributed by atoms with van der Waals surface area (Å²) < 4.78 is 5.78. The third-order valence-corrected chi connectivity index (χ3v) is 2.72. The van der Waals surface area contributed by atoms with Crippen molar-refractivity contribution in [1.82, 2.24) is 0 Å². The van der Waals surface area contributed by atoms with Crippen molar-refractivity contribution in [3.05, 3.63) is 0 Å². The van der Waals surface area contributed by atoms with Gasteiger partial charge in [-0.15, -0.1) is 0 Å². The summed E-state index contributed by atoms with van der Waals surface area (Å²) in [6.45, 7) is 8.07. The molecule has 2 heteroatoms. The van der Waals surface area contributed by atoms with Crippen LogP contribution in [0.4, 0.5) is 0 Å². The van der Waals surface area contributed by atoms with E-state index in [-0.39, 0.29) is 11.5 Å². The fourth-order valence-electron chi connectivity index (χ4n) is 1.46. The molecule has 0 aromatic carbocycles. The molecule has 0 aromatic heterocycles. The van der Waals surface area contributed by atoms with Crippen LogP contribution in [0.15, 0.2) is 0 Å². The van der Waals surface area contributed by atoms with Crippen LogP contribution in [0, 0.1) is 11.3 Å². The van der Waals surface area contributed by atoms with Gasteiger partial charge in [0.05, 0.1) is 6.10 Å². The quantitative estimate of drug-likeness (QED) is 0.712. The van der Waals surface area contributed by atoms with Gasteiger partial charge < -0.3 is 10.5 Å². The first-order valence-corrected chi connectivity index (χ1v) is 5.35. The van der Waals surface area contributed by atoms with E-state index in [2.05, 4.69) is 20.8 Å². The summed E-state index contributed by atoms with van der Waals surface area (Å²) in [4.78, 5) is 0. The standard InChI is InChI=1S/C11H23NO/c1-11(2,3)10(8-12)13-7-6-9-4-5-9/h9-10H,4-8,12H2,1-3H3. The highest BCUT2D eigenvalue weighted by Crippen LogP contribution is 2.32. The van der Waals surface area contributed by atoms with Crippen LogP contribution < -0.4 is 5.73 Å². The van der Waals surface area contributed by atoms with Gasteiger partial charge in [-0.05, 0) is 17.8 Å². The summed E-state index contributed by atoms with van der Waals surface area (Å²) in [7, 11) is 0. The molecule has 0 amide bonds. The third kappa shape index (κ3) is 4.10. The molecule has 0 spiro atoms. The lowest BCUT2D eigenvalue weighted by Gasteiger charge is -2.29. The van der Waals surface area contributed by atoms with Gasteiger partial charge >= 0.3 is 0 Å².